The number of hydrogen-bond donors (Lipinski definition) is 4. The van der Waals surface area contributed by atoms with Crippen molar-refractivity contribution in [1.29, 1.82) is 0 Å². The number of carbonyl (C=O) groups excluding carboxylic acids is 3. The van der Waals surface area contributed by atoms with Crippen LogP contribution < -0.4 is 22.1 Å². The van der Waals surface area contributed by atoms with Crippen LogP contribution in [0.2, 0.25) is 0 Å². The lowest BCUT2D eigenvalue weighted by Gasteiger charge is -2.24. The Hall–Kier alpha value is -3.85. The Labute approximate surface area is 191 Å². The van der Waals surface area contributed by atoms with Crippen molar-refractivity contribution in [3.63, 3.8) is 0 Å². The van der Waals surface area contributed by atoms with Gasteiger partial charge in [-0.25, -0.2) is 9.59 Å². The largest absolute Gasteiger partial charge is 0.354 e. The van der Waals surface area contributed by atoms with Crippen LogP contribution >= 0.6 is 0 Å². The van der Waals surface area contributed by atoms with E-state index < -0.39 is 18.1 Å². The lowest BCUT2D eigenvalue weighted by molar-refractivity contribution is -0.124. The highest BCUT2D eigenvalue weighted by atomic mass is 16.2. The van der Waals surface area contributed by atoms with Crippen molar-refractivity contribution in [3.8, 4) is 0 Å². The molecule has 0 aliphatic carbocycles. The molecule has 3 atom stereocenters. The first kappa shape index (κ1) is 22.3. The number of nitrogens with two attached hydrogens (primary N) is 2. The second-order valence-corrected chi connectivity index (χ2v) is 8.42. The van der Waals surface area contributed by atoms with E-state index in [-0.39, 0.29) is 24.4 Å². The van der Waals surface area contributed by atoms with E-state index >= 15 is 0 Å². The van der Waals surface area contributed by atoms with Gasteiger partial charge in [-0.05, 0) is 24.0 Å². The number of likely N-dealkylation sites (tertiary alicyclic amines) is 1. The summed E-state index contributed by atoms with van der Waals surface area (Å²) in [6.07, 6.45) is 1.86. The lowest BCUT2D eigenvalue weighted by atomic mass is 10.0. The van der Waals surface area contributed by atoms with Gasteiger partial charge in [0.2, 0.25) is 5.91 Å². The van der Waals surface area contributed by atoms with E-state index in [1.165, 1.54) is 15.7 Å². The average molecular weight is 449 g/mol. The minimum Gasteiger partial charge on any atom is -0.354 e. The number of anilines is 1. The van der Waals surface area contributed by atoms with Crippen molar-refractivity contribution < 1.29 is 14.4 Å². The molecule has 33 heavy (non-hydrogen) atoms. The number of carbonyl (C=O) groups is 3. The summed E-state index contributed by atoms with van der Waals surface area (Å²) in [5, 5.41) is 6.45. The quantitative estimate of drug-likeness (QED) is 0.477. The zero-order valence-corrected chi connectivity index (χ0v) is 18.4. The predicted molar refractivity (Wildman–Crippen MR) is 127 cm³/mol. The molecule has 0 spiro atoms. The molecule has 1 fully saturated rings. The molecular weight excluding hydrogens is 420 g/mol. The number of nitrogens with zero attached hydrogens (tertiary/aromatic N) is 2. The van der Waals surface area contributed by atoms with E-state index in [1.807, 2.05) is 37.3 Å². The molecule has 2 heterocycles. The number of urea groups is 1. The van der Waals surface area contributed by atoms with Gasteiger partial charge in [-0.15, -0.1) is 0 Å². The number of amides is 4. The predicted octanol–water partition coefficient (Wildman–Crippen LogP) is 2.42. The van der Waals surface area contributed by atoms with Gasteiger partial charge in [0.25, 0.3) is 0 Å². The first-order valence-electron chi connectivity index (χ1n) is 10.9. The number of benzene rings is 2. The molecule has 4 rings (SSSR count). The first-order chi connectivity index (χ1) is 15.8. The molecule has 2 aromatic carbocycles. The molecule has 4 amide bonds. The van der Waals surface area contributed by atoms with E-state index in [0.717, 1.165) is 5.56 Å². The molecule has 1 aliphatic rings. The SMILES string of the molecule is C[C@H](CNC(=O)[C@@H]1C[C@H](N)CN1C(=O)Nc1cn(C(N)=O)c2ccccc12)c1ccccc1. The number of para-hydroxylation sites is 1. The van der Waals surface area contributed by atoms with Gasteiger partial charge in [-0.2, -0.15) is 0 Å². The van der Waals surface area contributed by atoms with Crippen LogP contribution in [0, 0.1) is 0 Å². The molecule has 3 aromatic rings. The lowest BCUT2D eigenvalue weighted by Crippen LogP contribution is -2.48. The van der Waals surface area contributed by atoms with Gasteiger partial charge in [0.05, 0.1) is 11.2 Å². The van der Waals surface area contributed by atoms with Crippen LogP contribution in [-0.2, 0) is 4.79 Å². The van der Waals surface area contributed by atoms with Gasteiger partial charge in [-0.3, -0.25) is 9.36 Å². The van der Waals surface area contributed by atoms with E-state index in [1.54, 1.807) is 24.3 Å². The van der Waals surface area contributed by atoms with Crippen LogP contribution in [0.1, 0.15) is 24.8 Å². The van der Waals surface area contributed by atoms with Gasteiger partial charge >= 0.3 is 12.1 Å². The van der Waals surface area contributed by atoms with E-state index in [2.05, 4.69) is 10.6 Å². The molecule has 1 aromatic heterocycles. The van der Waals surface area contributed by atoms with Crippen molar-refractivity contribution in [3.05, 3.63) is 66.4 Å². The Morgan fingerprint density at radius 1 is 1.09 bits per heavy atom. The van der Waals surface area contributed by atoms with E-state index in [0.29, 0.717) is 29.6 Å². The second-order valence-electron chi connectivity index (χ2n) is 8.42. The second kappa shape index (κ2) is 9.33. The summed E-state index contributed by atoms with van der Waals surface area (Å²) in [4.78, 5) is 39.3. The maximum absolute atomic E-state index is 13.1. The Morgan fingerprint density at radius 3 is 2.52 bits per heavy atom. The highest BCUT2D eigenvalue weighted by molar-refractivity contribution is 6.05. The molecular formula is C24H28N6O3. The topological polar surface area (TPSA) is 135 Å². The molecule has 9 heteroatoms. The molecule has 0 bridgehead atoms. The monoisotopic (exact) mass is 448 g/mol. The first-order valence-corrected chi connectivity index (χ1v) is 10.9. The summed E-state index contributed by atoms with van der Waals surface area (Å²) in [6, 6.07) is 14.9. The summed E-state index contributed by atoms with van der Waals surface area (Å²) in [5.41, 5.74) is 13.7. The van der Waals surface area contributed by atoms with Gasteiger partial charge in [0, 0.05) is 30.7 Å². The van der Waals surface area contributed by atoms with Crippen molar-refractivity contribution in [2.45, 2.75) is 31.3 Å². The van der Waals surface area contributed by atoms with Crippen molar-refractivity contribution in [1.82, 2.24) is 14.8 Å². The molecule has 0 saturated carbocycles. The van der Waals surface area contributed by atoms with Crippen LogP contribution in [0.25, 0.3) is 10.9 Å². The molecule has 0 radical (unpaired) electrons. The number of nitrogens with one attached hydrogen (secondary N) is 2. The van der Waals surface area contributed by atoms with Crippen molar-refractivity contribution >= 4 is 34.6 Å². The summed E-state index contributed by atoms with van der Waals surface area (Å²) in [7, 11) is 0. The number of primary amides is 1. The van der Waals surface area contributed by atoms with Crippen LogP contribution in [0.15, 0.2) is 60.8 Å². The highest BCUT2D eigenvalue weighted by Gasteiger charge is 2.38. The zero-order valence-electron chi connectivity index (χ0n) is 18.4. The highest BCUT2D eigenvalue weighted by Crippen LogP contribution is 2.27. The molecule has 0 unspecified atom stereocenters. The van der Waals surface area contributed by atoms with Crippen LogP contribution in [-0.4, -0.2) is 52.6 Å². The maximum atomic E-state index is 13.1. The van der Waals surface area contributed by atoms with Crippen LogP contribution in [0.3, 0.4) is 0 Å². The third kappa shape index (κ3) is 4.68. The number of aromatic nitrogens is 1. The van der Waals surface area contributed by atoms with Gasteiger partial charge in [0.15, 0.2) is 0 Å². The Bertz CT molecular complexity index is 1180. The van der Waals surface area contributed by atoms with E-state index in [4.69, 9.17) is 11.5 Å². The van der Waals surface area contributed by atoms with Gasteiger partial charge in [0.1, 0.15) is 6.04 Å². The Morgan fingerprint density at radius 2 is 1.79 bits per heavy atom. The molecule has 9 nitrogen and oxygen atoms in total. The average Bonchev–Trinajstić information content (AvgIpc) is 3.39. The number of fused-ring (bicyclic) bond motifs is 1. The standard InChI is InChI=1S/C24H28N6O3/c1-15(16-7-3-2-4-8-16)12-27-22(31)21-11-17(25)13-30(21)24(33)28-19-14-29(23(26)32)20-10-6-5-9-18(19)20/h2-10,14-15,17,21H,11-13,25H2,1H3,(H2,26,32)(H,27,31)(H,28,33)/t15-,17+,21+/m1/s1. The normalized spacial score (nSPS) is 18.8. The summed E-state index contributed by atoms with van der Waals surface area (Å²) in [6.45, 7) is 2.75. The smallest absolute Gasteiger partial charge is 0.323 e. The van der Waals surface area contributed by atoms with Crippen molar-refractivity contribution in [2.24, 2.45) is 11.5 Å². The van der Waals surface area contributed by atoms with Crippen LogP contribution in [0.4, 0.5) is 15.3 Å². The minimum atomic E-state index is -0.674. The molecule has 6 N–H and O–H groups in total. The number of hydrogen-bond acceptors (Lipinski definition) is 4. The molecule has 172 valence electrons. The zero-order chi connectivity index (χ0) is 23.5. The summed E-state index contributed by atoms with van der Waals surface area (Å²) in [5.74, 6) is -0.104. The fraction of sp³-hybridized carbons (Fsp3) is 0.292. The maximum Gasteiger partial charge on any atom is 0.323 e. The number of rotatable bonds is 5. The van der Waals surface area contributed by atoms with Crippen LogP contribution in [0.5, 0.6) is 0 Å². The fourth-order valence-corrected chi connectivity index (χ4v) is 4.26. The third-order valence-electron chi connectivity index (χ3n) is 6.04. The summed E-state index contributed by atoms with van der Waals surface area (Å²) >= 11 is 0. The fourth-order valence-electron chi connectivity index (χ4n) is 4.26. The third-order valence-corrected chi connectivity index (χ3v) is 6.04. The van der Waals surface area contributed by atoms with E-state index in [9.17, 15) is 14.4 Å². The Kier molecular flexibility index (Phi) is 6.32. The van der Waals surface area contributed by atoms with Gasteiger partial charge in [-0.1, -0.05) is 55.5 Å². The Balaban J connectivity index is 1.46. The molecule has 1 saturated heterocycles. The summed E-state index contributed by atoms with van der Waals surface area (Å²) < 4.78 is 1.27. The van der Waals surface area contributed by atoms with Gasteiger partial charge < -0.3 is 27.0 Å². The van der Waals surface area contributed by atoms with Crippen molar-refractivity contribution in [2.75, 3.05) is 18.4 Å². The minimum absolute atomic E-state index is 0.132. The molecule has 1 aliphatic heterocycles.